The van der Waals surface area contributed by atoms with Crippen LogP contribution in [0.5, 0.6) is 11.5 Å². The van der Waals surface area contributed by atoms with Crippen LogP contribution in [0.1, 0.15) is 45.1 Å². The zero-order valence-corrected chi connectivity index (χ0v) is 34.3. The molecule has 0 aliphatic carbocycles. The lowest BCUT2D eigenvalue weighted by atomic mass is 9.60. The molecule has 1 atom stereocenters. The first kappa shape index (κ1) is 36.6. The number of nitrogens with one attached hydrogen (secondary N) is 1. The summed E-state index contributed by atoms with van der Waals surface area (Å²) in [5.41, 5.74) is 14.6. The number of hydrogen-bond acceptors (Lipinski definition) is 5. The van der Waals surface area contributed by atoms with E-state index < -0.39 is 11.6 Å². The number of rotatable bonds is 6. The predicted molar refractivity (Wildman–Crippen MR) is 256 cm³/mol. The Hall–Kier alpha value is -8.28. The molecule has 0 radical (unpaired) electrons. The zero-order valence-electron chi connectivity index (χ0n) is 34.3. The van der Waals surface area contributed by atoms with Gasteiger partial charge in [0.1, 0.15) is 23.5 Å². The highest BCUT2D eigenvalue weighted by Crippen LogP contribution is 2.63. The highest BCUT2D eigenvalue weighted by Gasteiger charge is 2.51. The summed E-state index contributed by atoms with van der Waals surface area (Å²) in [5, 5.41) is 3.76. The van der Waals surface area contributed by atoms with Crippen LogP contribution in [0.15, 0.2) is 241 Å². The Kier molecular flexibility index (Phi) is 8.71. The second-order valence-corrected chi connectivity index (χ2v) is 16.2. The molecule has 9 aromatic rings. The molecule has 5 nitrogen and oxygen atoms in total. The van der Waals surface area contributed by atoms with Gasteiger partial charge in [0.25, 0.3) is 0 Å². The third kappa shape index (κ3) is 6.08. The molecule has 1 unspecified atom stereocenters. The van der Waals surface area contributed by atoms with Crippen molar-refractivity contribution in [1.29, 1.82) is 0 Å². The van der Waals surface area contributed by atoms with Gasteiger partial charge < -0.3 is 15.0 Å². The van der Waals surface area contributed by atoms with Crippen LogP contribution in [-0.2, 0) is 5.41 Å². The van der Waals surface area contributed by atoms with Crippen molar-refractivity contribution in [3.8, 4) is 33.8 Å². The molecule has 0 fully saturated rings. The summed E-state index contributed by atoms with van der Waals surface area (Å²) in [5.74, 6) is 3.14. The zero-order chi connectivity index (χ0) is 41.7. The Morgan fingerprint density at radius 3 is 1.62 bits per heavy atom. The lowest BCUT2D eigenvalue weighted by Crippen LogP contribution is -2.40. The van der Waals surface area contributed by atoms with Crippen LogP contribution in [0.3, 0.4) is 0 Å². The highest BCUT2D eigenvalue weighted by atomic mass is 16.5. The highest BCUT2D eigenvalue weighted by molar-refractivity contribution is 6.13. The van der Waals surface area contributed by atoms with E-state index >= 15 is 0 Å². The normalized spacial score (nSPS) is 15.4. The lowest BCUT2D eigenvalue weighted by molar-refractivity contribution is 0.434. The Labute approximate surface area is 367 Å². The molecule has 3 aliphatic rings. The fraction of sp³-hybridized carbons (Fsp3) is 0.0345. The Balaban J connectivity index is 1.15. The number of para-hydroxylation sites is 2. The van der Waals surface area contributed by atoms with Crippen molar-refractivity contribution < 1.29 is 4.74 Å². The maximum absolute atomic E-state index is 6.81. The largest absolute Gasteiger partial charge is 0.457 e. The first-order valence-corrected chi connectivity index (χ1v) is 21.4. The van der Waals surface area contributed by atoms with Crippen molar-refractivity contribution in [2.75, 3.05) is 4.90 Å². The molecule has 0 bridgehead atoms. The van der Waals surface area contributed by atoms with Crippen molar-refractivity contribution in [2.24, 2.45) is 9.98 Å². The molecule has 9 aromatic carbocycles. The second kappa shape index (κ2) is 15.0. The average Bonchev–Trinajstić information content (AvgIpc) is 3.37. The average molecular weight is 809 g/mol. The molecule has 5 heteroatoms. The van der Waals surface area contributed by atoms with Crippen molar-refractivity contribution in [3.63, 3.8) is 0 Å². The minimum absolute atomic E-state index is 0.433. The number of anilines is 3. The quantitative estimate of drug-likeness (QED) is 0.182. The molecule has 1 spiro atoms. The third-order valence-corrected chi connectivity index (χ3v) is 12.6. The van der Waals surface area contributed by atoms with Gasteiger partial charge in [-0.2, -0.15) is 0 Å². The van der Waals surface area contributed by atoms with Gasteiger partial charge in [0.2, 0.25) is 0 Å². The van der Waals surface area contributed by atoms with E-state index in [4.69, 9.17) is 14.7 Å². The summed E-state index contributed by atoms with van der Waals surface area (Å²) in [6.45, 7) is 0. The number of benzene rings is 9. The van der Waals surface area contributed by atoms with Crippen LogP contribution < -0.4 is 15.0 Å². The van der Waals surface area contributed by atoms with E-state index in [9.17, 15) is 0 Å². The number of aliphatic imine (C=N–C) groups is 2. The van der Waals surface area contributed by atoms with Gasteiger partial charge in [0.15, 0.2) is 5.84 Å². The van der Waals surface area contributed by atoms with Crippen molar-refractivity contribution >= 4 is 28.7 Å². The Morgan fingerprint density at radius 1 is 0.413 bits per heavy atom. The molecule has 0 saturated heterocycles. The minimum atomic E-state index is -0.772. The smallest absolute Gasteiger partial charge is 0.159 e. The van der Waals surface area contributed by atoms with E-state index in [1.807, 2.05) is 36.4 Å². The first-order chi connectivity index (χ1) is 31.2. The summed E-state index contributed by atoms with van der Waals surface area (Å²) in [6, 6.07) is 81.8. The van der Waals surface area contributed by atoms with Gasteiger partial charge in [-0.15, -0.1) is 0 Å². The Bertz CT molecular complexity index is 3190. The molecule has 298 valence electrons. The van der Waals surface area contributed by atoms with Gasteiger partial charge in [0.05, 0.1) is 16.8 Å². The summed E-state index contributed by atoms with van der Waals surface area (Å²) >= 11 is 0. The number of ether oxygens (including phenoxy) is 1. The molecule has 63 heavy (non-hydrogen) atoms. The summed E-state index contributed by atoms with van der Waals surface area (Å²) < 4.78 is 6.81. The number of amidine groups is 2. The molecule has 3 heterocycles. The van der Waals surface area contributed by atoms with Gasteiger partial charge in [-0.05, 0) is 81.4 Å². The maximum Gasteiger partial charge on any atom is 0.159 e. The van der Waals surface area contributed by atoms with E-state index in [-0.39, 0.29) is 0 Å². The molecule has 0 aromatic heterocycles. The van der Waals surface area contributed by atoms with Crippen molar-refractivity contribution in [3.05, 3.63) is 269 Å². The van der Waals surface area contributed by atoms with E-state index in [0.29, 0.717) is 5.84 Å². The van der Waals surface area contributed by atoms with Crippen molar-refractivity contribution in [1.82, 2.24) is 5.32 Å². The van der Waals surface area contributed by atoms with Crippen LogP contribution in [0.2, 0.25) is 0 Å². The van der Waals surface area contributed by atoms with E-state index in [2.05, 4.69) is 204 Å². The molecule has 0 amide bonds. The maximum atomic E-state index is 6.81. The van der Waals surface area contributed by atoms with Gasteiger partial charge in [-0.25, -0.2) is 9.98 Å². The molecule has 0 saturated carbocycles. The standard InChI is InChI=1S/C58H40N4O/c1-5-18-39(19-6-1)43-26-17-27-46(36-43)62-51-35-33-45(57-60-55(41-22-9-3-10-23-41)59-56(61-57)42-24-11-4-12-25-42)37-50(51)58(47-34-32-44(38-52(47)62)40-20-7-2-8-21-40)48-28-13-15-30-53(48)63-54-31-16-14-29-49(54)58/h1-38,57H,(H,59,60,61). The third-order valence-electron chi connectivity index (χ3n) is 12.6. The number of nitrogens with zero attached hydrogens (tertiary/aromatic N) is 3. The Morgan fingerprint density at radius 2 is 0.968 bits per heavy atom. The van der Waals surface area contributed by atoms with E-state index in [1.54, 1.807) is 0 Å². The van der Waals surface area contributed by atoms with Crippen LogP contribution in [0, 0.1) is 0 Å². The van der Waals surface area contributed by atoms with Gasteiger partial charge in [-0.3, -0.25) is 0 Å². The number of fused-ring (bicyclic) bond motifs is 8. The molecule has 12 rings (SSSR count). The molecule has 1 N–H and O–H groups in total. The summed E-state index contributed by atoms with van der Waals surface area (Å²) in [4.78, 5) is 12.9. The summed E-state index contributed by atoms with van der Waals surface area (Å²) in [6.07, 6.45) is -0.433. The first-order valence-electron chi connectivity index (χ1n) is 21.4. The topological polar surface area (TPSA) is 49.2 Å². The molecular weight excluding hydrogens is 769 g/mol. The van der Waals surface area contributed by atoms with Crippen LogP contribution in [0.4, 0.5) is 17.1 Å². The monoisotopic (exact) mass is 808 g/mol. The lowest BCUT2D eigenvalue weighted by Gasteiger charge is -2.49. The van der Waals surface area contributed by atoms with Crippen molar-refractivity contribution in [2.45, 2.75) is 11.6 Å². The van der Waals surface area contributed by atoms with Gasteiger partial charge >= 0.3 is 0 Å². The molecular formula is C58H40N4O. The van der Waals surface area contributed by atoms with Crippen LogP contribution in [-0.4, -0.2) is 11.7 Å². The van der Waals surface area contributed by atoms with Crippen LogP contribution >= 0.6 is 0 Å². The fourth-order valence-electron chi connectivity index (χ4n) is 9.73. The predicted octanol–water partition coefficient (Wildman–Crippen LogP) is 13.8. The van der Waals surface area contributed by atoms with E-state index in [1.165, 1.54) is 5.56 Å². The van der Waals surface area contributed by atoms with Gasteiger partial charge in [0, 0.05) is 27.9 Å². The number of hydrogen-bond donors (Lipinski definition) is 1. The SMILES string of the molecule is c1ccc(C2=NC(c3ccc4c(c3)C3(c5ccccc5Oc5ccccc53)c3ccc(-c5ccccc5)cc3N4c3cccc(-c4ccccc4)c3)NC(c3ccccc3)=N2)cc1. The van der Waals surface area contributed by atoms with E-state index in [0.717, 1.165) is 90.0 Å². The minimum Gasteiger partial charge on any atom is -0.457 e. The van der Waals surface area contributed by atoms with Crippen LogP contribution in [0.25, 0.3) is 22.3 Å². The van der Waals surface area contributed by atoms with Gasteiger partial charge in [-0.1, -0.05) is 188 Å². The molecule has 3 aliphatic heterocycles. The fourth-order valence-corrected chi connectivity index (χ4v) is 9.73. The summed E-state index contributed by atoms with van der Waals surface area (Å²) in [7, 11) is 0. The second-order valence-electron chi connectivity index (χ2n) is 16.2.